The molecule has 0 aromatic heterocycles. The Labute approximate surface area is 125 Å². The first-order valence-corrected chi connectivity index (χ1v) is 6.31. The summed E-state index contributed by atoms with van der Waals surface area (Å²) in [6, 6.07) is 2.71. The number of carbonyl (C=O) groups excluding carboxylic acids is 1. The molecule has 0 saturated heterocycles. The van der Waals surface area contributed by atoms with Crippen LogP contribution in [0.15, 0.2) is 23.4 Å². The lowest BCUT2D eigenvalue weighted by Gasteiger charge is -2.19. The van der Waals surface area contributed by atoms with E-state index in [0.29, 0.717) is 0 Å². The predicted molar refractivity (Wildman–Crippen MR) is 76.1 cm³/mol. The third-order valence-corrected chi connectivity index (χ3v) is 3.01. The van der Waals surface area contributed by atoms with Crippen molar-refractivity contribution in [3.63, 3.8) is 0 Å². The highest BCUT2D eigenvalue weighted by Gasteiger charge is 2.29. The van der Waals surface area contributed by atoms with E-state index in [4.69, 9.17) is 5.11 Å². The lowest BCUT2D eigenvalue weighted by molar-refractivity contribution is -0.122. The average Bonchev–Trinajstić information content (AvgIpc) is 2.46. The fourth-order valence-electron chi connectivity index (χ4n) is 1.75. The van der Waals surface area contributed by atoms with Gasteiger partial charge in [-0.3, -0.25) is 4.79 Å². The zero-order valence-electron chi connectivity index (χ0n) is 11.6. The van der Waals surface area contributed by atoms with E-state index < -0.39 is 36.7 Å². The second kappa shape index (κ2) is 7.52. The molecule has 118 valence electrons. The van der Waals surface area contributed by atoms with Gasteiger partial charge in [-0.25, -0.2) is 4.79 Å². The summed E-state index contributed by atoms with van der Waals surface area (Å²) >= 11 is 0. The van der Waals surface area contributed by atoms with Crippen LogP contribution in [0.25, 0.3) is 0 Å². The van der Waals surface area contributed by atoms with Gasteiger partial charge < -0.3 is 25.6 Å². The van der Waals surface area contributed by atoms with E-state index >= 15 is 0 Å². The summed E-state index contributed by atoms with van der Waals surface area (Å²) in [6.45, 7) is 1.23. The number of rotatable bonds is 7. The third kappa shape index (κ3) is 4.27. The van der Waals surface area contributed by atoms with Crippen molar-refractivity contribution < 1.29 is 29.9 Å². The summed E-state index contributed by atoms with van der Waals surface area (Å²) in [4.78, 5) is 32.8. The van der Waals surface area contributed by atoms with Crippen LogP contribution >= 0.6 is 0 Å². The third-order valence-electron chi connectivity index (χ3n) is 3.01. The Bertz CT molecular complexity index is 579. The van der Waals surface area contributed by atoms with E-state index in [2.05, 4.69) is 10.5 Å². The van der Waals surface area contributed by atoms with Crippen LogP contribution in [0.3, 0.4) is 0 Å². The Morgan fingerprint density at radius 2 is 2.00 bits per heavy atom. The second-order valence-corrected chi connectivity index (χ2v) is 4.63. The van der Waals surface area contributed by atoms with Gasteiger partial charge in [0.2, 0.25) is 5.91 Å². The van der Waals surface area contributed by atoms with Crippen LogP contribution in [0.4, 0.5) is 0 Å². The van der Waals surface area contributed by atoms with Gasteiger partial charge in [0.05, 0.1) is 5.94 Å². The predicted octanol–water partition coefficient (Wildman–Crippen LogP) is -0.715. The Hall–Kier alpha value is -2.46. The van der Waals surface area contributed by atoms with Crippen molar-refractivity contribution >= 4 is 19.0 Å². The Morgan fingerprint density at radius 1 is 1.36 bits per heavy atom. The minimum atomic E-state index is -1.98. The van der Waals surface area contributed by atoms with Crippen LogP contribution in [-0.4, -0.2) is 51.2 Å². The molecule has 0 heterocycles. The number of carboxylic acid groups (broad SMARTS) is 1. The van der Waals surface area contributed by atoms with Gasteiger partial charge >= 0.3 is 13.1 Å². The molecule has 0 spiro atoms. The van der Waals surface area contributed by atoms with Crippen LogP contribution in [-0.2, 0) is 11.2 Å². The summed E-state index contributed by atoms with van der Waals surface area (Å²) in [5, 5.41) is 42.0. The number of amides is 1. The molecule has 1 aromatic carbocycles. The first kappa shape index (κ1) is 17.6. The molecule has 2 atom stereocenters. The molecule has 9 nitrogen and oxygen atoms in total. The molecule has 0 radical (unpaired) electrons. The number of aromatic carboxylic acids is 1. The maximum Gasteiger partial charge on any atom is 0.475 e. The molecular formula is C12H15BN2O7. The molecule has 1 rings (SSSR count). The molecule has 5 N–H and O–H groups in total. The molecule has 0 saturated carbocycles. The molecule has 0 aliphatic heterocycles. The van der Waals surface area contributed by atoms with E-state index in [9.17, 15) is 29.7 Å². The van der Waals surface area contributed by atoms with Crippen LogP contribution < -0.4 is 5.32 Å². The summed E-state index contributed by atoms with van der Waals surface area (Å²) in [6.07, 6.45) is -0.248. The second-order valence-electron chi connectivity index (χ2n) is 4.63. The number of carboxylic acids is 1. The quantitative estimate of drug-likeness (QED) is 0.328. The molecule has 0 aliphatic carbocycles. The van der Waals surface area contributed by atoms with Gasteiger partial charge in [0.1, 0.15) is 11.3 Å². The van der Waals surface area contributed by atoms with E-state index in [1.54, 1.807) is 0 Å². The Morgan fingerprint density at radius 3 is 2.50 bits per heavy atom. The summed E-state index contributed by atoms with van der Waals surface area (Å²) in [7, 11) is -1.98. The highest BCUT2D eigenvalue weighted by atomic mass is 16.4. The zero-order valence-corrected chi connectivity index (χ0v) is 11.6. The number of nitrogens with zero attached hydrogens (tertiary/aromatic N) is 1. The summed E-state index contributed by atoms with van der Waals surface area (Å²) < 4.78 is 0. The number of carbonyl (C=O) groups is 2. The number of phenols is 1. The zero-order chi connectivity index (χ0) is 16.9. The summed E-state index contributed by atoms with van der Waals surface area (Å²) in [5.41, 5.74) is -0.247. The van der Waals surface area contributed by atoms with Crippen molar-refractivity contribution in [3.05, 3.63) is 34.2 Å². The lowest BCUT2D eigenvalue weighted by Crippen LogP contribution is -2.50. The maximum absolute atomic E-state index is 11.6. The number of para-hydroxylation sites is 1. The van der Waals surface area contributed by atoms with E-state index in [-0.39, 0.29) is 17.5 Å². The monoisotopic (exact) mass is 310 g/mol. The van der Waals surface area contributed by atoms with Crippen molar-refractivity contribution in [3.8, 4) is 5.75 Å². The number of aromatic hydroxyl groups is 1. The maximum atomic E-state index is 11.6. The van der Waals surface area contributed by atoms with Crippen LogP contribution in [0, 0.1) is 4.91 Å². The van der Waals surface area contributed by atoms with E-state index in [1.165, 1.54) is 25.1 Å². The normalized spacial score (nSPS) is 13.0. The molecule has 0 fully saturated rings. The van der Waals surface area contributed by atoms with Crippen LogP contribution in [0.2, 0.25) is 0 Å². The first-order chi connectivity index (χ1) is 10.3. The van der Waals surface area contributed by atoms with Gasteiger partial charge in [-0.1, -0.05) is 17.3 Å². The van der Waals surface area contributed by atoms with Gasteiger partial charge in [0, 0.05) is 0 Å². The fourth-order valence-corrected chi connectivity index (χ4v) is 1.75. The number of hydrogen-bond acceptors (Lipinski definition) is 7. The SMILES string of the molecule is CC(N=O)C(=O)N[C@@H](Cc1cccc(C(=O)O)c1O)B(O)O. The lowest BCUT2D eigenvalue weighted by atomic mass is 9.75. The molecule has 22 heavy (non-hydrogen) atoms. The van der Waals surface area contributed by atoms with Crippen molar-refractivity contribution in [2.45, 2.75) is 25.3 Å². The number of nitrogens with one attached hydrogen (secondary N) is 1. The van der Waals surface area contributed by atoms with Crippen molar-refractivity contribution in [1.82, 2.24) is 5.32 Å². The fraction of sp³-hybridized carbons (Fsp3) is 0.333. The van der Waals surface area contributed by atoms with Gasteiger partial charge in [0.15, 0.2) is 6.04 Å². The van der Waals surface area contributed by atoms with E-state index in [1.807, 2.05) is 0 Å². The van der Waals surface area contributed by atoms with E-state index in [0.717, 1.165) is 0 Å². The molecule has 1 unspecified atom stereocenters. The van der Waals surface area contributed by atoms with Crippen molar-refractivity contribution in [1.29, 1.82) is 0 Å². The smallest absolute Gasteiger partial charge is 0.475 e. The standard InChI is InChI=1S/C12H15BN2O7/c1-6(15-22)11(17)14-9(13(20)21)5-7-3-2-4-8(10(7)16)12(18)19/h2-4,6,9,16,20-21H,5H2,1H3,(H,14,17)(H,18,19)/t6?,9-/m0/s1. The number of nitroso groups, excluding NO2 is 1. The average molecular weight is 310 g/mol. The summed E-state index contributed by atoms with van der Waals surface area (Å²) in [5.74, 6) is -3.94. The highest BCUT2D eigenvalue weighted by Crippen LogP contribution is 2.24. The molecule has 1 aromatic rings. The molecule has 0 bridgehead atoms. The van der Waals surface area contributed by atoms with Gasteiger partial charge in [-0.15, -0.1) is 4.91 Å². The van der Waals surface area contributed by atoms with Gasteiger partial charge in [-0.05, 0) is 25.0 Å². The largest absolute Gasteiger partial charge is 0.507 e. The van der Waals surface area contributed by atoms with Crippen molar-refractivity contribution in [2.75, 3.05) is 0 Å². The first-order valence-electron chi connectivity index (χ1n) is 6.31. The van der Waals surface area contributed by atoms with Crippen LogP contribution in [0.1, 0.15) is 22.8 Å². The minimum absolute atomic E-state index is 0.102. The molecule has 1 amide bonds. The topological polar surface area (TPSA) is 157 Å². The Kier molecular flexibility index (Phi) is 6.02. The molecule has 0 aliphatic rings. The molecule has 10 heteroatoms. The Balaban J connectivity index is 2.97. The number of benzene rings is 1. The van der Waals surface area contributed by atoms with Gasteiger partial charge in [-0.2, -0.15) is 0 Å². The van der Waals surface area contributed by atoms with Crippen molar-refractivity contribution in [2.24, 2.45) is 5.18 Å². The van der Waals surface area contributed by atoms with Gasteiger partial charge in [0.25, 0.3) is 0 Å². The van der Waals surface area contributed by atoms with Crippen LogP contribution in [0.5, 0.6) is 5.75 Å². The number of hydrogen-bond donors (Lipinski definition) is 5. The molecular weight excluding hydrogens is 295 g/mol. The highest BCUT2D eigenvalue weighted by molar-refractivity contribution is 6.43. The minimum Gasteiger partial charge on any atom is -0.507 e.